The van der Waals surface area contributed by atoms with Gasteiger partial charge in [-0.25, -0.2) is 14.4 Å². The van der Waals surface area contributed by atoms with Crippen molar-refractivity contribution in [1.82, 2.24) is 15.3 Å². The molecule has 1 atom stereocenters. The van der Waals surface area contributed by atoms with Crippen molar-refractivity contribution in [3.8, 4) is 0 Å². The van der Waals surface area contributed by atoms with E-state index in [9.17, 15) is 9.18 Å². The number of amides is 1. The summed E-state index contributed by atoms with van der Waals surface area (Å²) in [4.78, 5) is 23.1. The minimum Gasteiger partial charge on any atom is -0.358 e. The van der Waals surface area contributed by atoms with Crippen molar-refractivity contribution in [3.05, 3.63) is 52.4 Å². The second-order valence-corrected chi connectivity index (χ2v) is 7.42. The van der Waals surface area contributed by atoms with Gasteiger partial charge in [0.05, 0.1) is 5.39 Å². The summed E-state index contributed by atoms with van der Waals surface area (Å²) in [6.45, 7) is 6.38. The minimum absolute atomic E-state index is 0.108. The second-order valence-electron chi connectivity index (χ2n) is 6.22. The highest BCUT2D eigenvalue weighted by Crippen LogP contribution is 2.32. The molecule has 3 aromatic rings. The zero-order valence-electron chi connectivity index (χ0n) is 15.0. The van der Waals surface area contributed by atoms with Crippen LogP contribution in [-0.4, -0.2) is 28.5 Å². The highest BCUT2D eigenvalue weighted by Gasteiger charge is 2.17. The van der Waals surface area contributed by atoms with Gasteiger partial charge in [-0.1, -0.05) is 12.1 Å². The summed E-state index contributed by atoms with van der Waals surface area (Å²) in [5, 5.41) is 7.06. The van der Waals surface area contributed by atoms with Gasteiger partial charge in [-0.15, -0.1) is 11.3 Å². The molecular weight excluding hydrogens is 351 g/mol. The van der Waals surface area contributed by atoms with E-state index in [4.69, 9.17) is 0 Å². The zero-order chi connectivity index (χ0) is 18.7. The normalized spacial score (nSPS) is 12.2. The molecule has 1 amide bonds. The zero-order valence-corrected chi connectivity index (χ0v) is 15.8. The monoisotopic (exact) mass is 372 g/mol. The molecule has 1 aromatic carbocycles. The van der Waals surface area contributed by atoms with Gasteiger partial charge < -0.3 is 10.6 Å². The number of carbonyl (C=O) groups is 1. The van der Waals surface area contributed by atoms with Gasteiger partial charge in [0.15, 0.2) is 0 Å². The molecular formula is C19H21FN4OS. The molecule has 2 N–H and O–H groups in total. The van der Waals surface area contributed by atoms with E-state index in [1.165, 1.54) is 23.3 Å². The molecule has 0 spiro atoms. The number of aromatic nitrogens is 2. The molecule has 2 aromatic heterocycles. The first kappa shape index (κ1) is 18.3. The topological polar surface area (TPSA) is 66.9 Å². The number of fused-ring (bicyclic) bond motifs is 1. The van der Waals surface area contributed by atoms with Crippen molar-refractivity contribution in [2.45, 2.75) is 33.2 Å². The van der Waals surface area contributed by atoms with E-state index in [1.54, 1.807) is 30.4 Å². The highest BCUT2D eigenvalue weighted by molar-refractivity contribution is 7.18. The van der Waals surface area contributed by atoms with Crippen molar-refractivity contribution >= 4 is 33.3 Å². The van der Waals surface area contributed by atoms with E-state index >= 15 is 0 Å². The predicted octanol–water partition coefficient (Wildman–Crippen LogP) is 3.61. The maximum absolute atomic E-state index is 12.9. The quantitative estimate of drug-likeness (QED) is 0.694. The molecule has 0 aliphatic carbocycles. The Labute approximate surface area is 155 Å². The lowest BCUT2D eigenvalue weighted by atomic mass is 10.1. The van der Waals surface area contributed by atoms with Gasteiger partial charge in [0, 0.05) is 11.4 Å². The highest BCUT2D eigenvalue weighted by atomic mass is 32.1. The molecule has 7 heteroatoms. The van der Waals surface area contributed by atoms with Crippen LogP contribution < -0.4 is 10.6 Å². The molecule has 0 saturated heterocycles. The van der Waals surface area contributed by atoms with Crippen LogP contribution in [0, 0.1) is 19.7 Å². The van der Waals surface area contributed by atoms with Gasteiger partial charge >= 0.3 is 0 Å². The third-order valence-electron chi connectivity index (χ3n) is 4.34. The number of hydrogen-bond donors (Lipinski definition) is 2. The second kappa shape index (κ2) is 7.78. The SMILES string of the molecule is Cc1sc2ncnc(N[C@@H](C)C(=O)NCCc3ccc(F)cc3)c2c1C. The fourth-order valence-corrected chi connectivity index (χ4v) is 3.69. The first-order valence-electron chi connectivity index (χ1n) is 8.45. The average Bonchev–Trinajstić information content (AvgIpc) is 2.91. The number of rotatable bonds is 6. The number of nitrogens with zero attached hydrogens (tertiary/aromatic N) is 2. The molecule has 0 unspecified atom stereocenters. The smallest absolute Gasteiger partial charge is 0.242 e. The minimum atomic E-state index is -0.430. The fraction of sp³-hybridized carbons (Fsp3) is 0.316. The number of hydrogen-bond acceptors (Lipinski definition) is 5. The van der Waals surface area contributed by atoms with Gasteiger partial charge in [-0.3, -0.25) is 4.79 Å². The standard InChI is InChI=1S/C19H21FN4OS/c1-11-13(3)26-19-16(11)17(22-10-23-19)24-12(2)18(25)21-9-8-14-4-6-15(20)7-5-14/h4-7,10,12H,8-9H2,1-3H3,(H,21,25)(H,22,23,24)/t12-/m0/s1. The molecule has 0 aliphatic heterocycles. The Balaban J connectivity index is 1.60. The van der Waals surface area contributed by atoms with E-state index in [-0.39, 0.29) is 11.7 Å². The van der Waals surface area contributed by atoms with Crippen LogP contribution in [-0.2, 0) is 11.2 Å². The molecule has 0 aliphatic rings. The van der Waals surface area contributed by atoms with Crippen LogP contribution in [0.2, 0.25) is 0 Å². The Hall–Kier alpha value is -2.54. The molecule has 3 rings (SSSR count). The molecule has 0 fully saturated rings. The molecule has 26 heavy (non-hydrogen) atoms. The van der Waals surface area contributed by atoms with E-state index in [1.807, 2.05) is 6.92 Å². The van der Waals surface area contributed by atoms with Crippen molar-refractivity contribution in [2.75, 3.05) is 11.9 Å². The lowest BCUT2D eigenvalue weighted by Crippen LogP contribution is -2.38. The van der Waals surface area contributed by atoms with Crippen LogP contribution in [0.15, 0.2) is 30.6 Å². The Morgan fingerprint density at radius 3 is 2.69 bits per heavy atom. The van der Waals surface area contributed by atoms with E-state index in [0.717, 1.165) is 21.3 Å². The summed E-state index contributed by atoms with van der Waals surface area (Å²) in [7, 11) is 0. The third-order valence-corrected chi connectivity index (χ3v) is 5.45. The van der Waals surface area contributed by atoms with Crippen LogP contribution in [0.25, 0.3) is 10.2 Å². The number of thiophene rings is 1. The van der Waals surface area contributed by atoms with E-state index < -0.39 is 6.04 Å². The fourth-order valence-electron chi connectivity index (χ4n) is 2.70. The van der Waals surface area contributed by atoms with Crippen LogP contribution >= 0.6 is 11.3 Å². The summed E-state index contributed by atoms with van der Waals surface area (Å²) in [6.07, 6.45) is 2.17. The van der Waals surface area contributed by atoms with Gasteiger partial charge in [0.25, 0.3) is 0 Å². The number of benzene rings is 1. The van der Waals surface area contributed by atoms with Gasteiger partial charge in [-0.05, 0) is 50.5 Å². The molecule has 136 valence electrons. The van der Waals surface area contributed by atoms with Gasteiger partial charge in [-0.2, -0.15) is 0 Å². The van der Waals surface area contributed by atoms with E-state index in [2.05, 4.69) is 27.5 Å². The van der Waals surface area contributed by atoms with Crippen molar-refractivity contribution < 1.29 is 9.18 Å². The van der Waals surface area contributed by atoms with Crippen LogP contribution in [0.3, 0.4) is 0 Å². The summed E-state index contributed by atoms with van der Waals surface area (Å²) >= 11 is 1.62. The maximum atomic E-state index is 12.9. The lowest BCUT2D eigenvalue weighted by molar-refractivity contribution is -0.121. The first-order valence-corrected chi connectivity index (χ1v) is 9.26. The number of halogens is 1. The Morgan fingerprint density at radius 2 is 1.96 bits per heavy atom. The summed E-state index contributed by atoms with van der Waals surface area (Å²) in [5.41, 5.74) is 2.12. The Morgan fingerprint density at radius 1 is 1.23 bits per heavy atom. The van der Waals surface area contributed by atoms with Crippen molar-refractivity contribution in [3.63, 3.8) is 0 Å². The van der Waals surface area contributed by atoms with Gasteiger partial charge in [0.2, 0.25) is 5.91 Å². The van der Waals surface area contributed by atoms with E-state index in [0.29, 0.717) is 18.8 Å². The van der Waals surface area contributed by atoms with Gasteiger partial charge in [0.1, 0.15) is 28.8 Å². The summed E-state index contributed by atoms with van der Waals surface area (Å²) < 4.78 is 12.9. The Bertz CT molecular complexity index is 923. The average molecular weight is 372 g/mol. The van der Waals surface area contributed by atoms with Crippen molar-refractivity contribution in [2.24, 2.45) is 0 Å². The molecule has 0 radical (unpaired) electrons. The number of carbonyl (C=O) groups excluding carboxylic acids is 1. The van der Waals surface area contributed by atoms with Crippen LogP contribution in [0.4, 0.5) is 10.2 Å². The third kappa shape index (κ3) is 3.99. The Kier molecular flexibility index (Phi) is 5.46. The summed E-state index contributed by atoms with van der Waals surface area (Å²) in [6, 6.07) is 5.87. The summed E-state index contributed by atoms with van der Waals surface area (Å²) in [5.74, 6) is 0.312. The van der Waals surface area contributed by atoms with Crippen LogP contribution in [0.5, 0.6) is 0 Å². The predicted molar refractivity (Wildman–Crippen MR) is 103 cm³/mol. The number of anilines is 1. The maximum Gasteiger partial charge on any atom is 0.242 e. The van der Waals surface area contributed by atoms with Crippen LogP contribution in [0.1, 0.15) is 22.9 Å². The van der Waals surface area contributed by atoms with Crippen molar-refractivity contribution in [1.29, 1.82) is 0 Å². The molecule has 0 saturated carbocycles. The number of nitrogens with one attached hydrogen (secondary N) is 2. The molecule has 2 heterocycles. The lowest BCUT2D eigenvalue weighted by Gasteiger charge is -2.15. The number of aryl methyl sites for hydroxylation is 2. The first-order chi connectivity index (χ1) is 12.5. The molecule has 5 nitrogen and oxygen atoms in total. The molecule has 0 bridgehead atoms. The largest absolute Gasteiger partial charge is 0.358 e.